The molecule has 1 heterocycles. The molecule has 1 aromatic carbocycles. The number of aromatic nitrogens is 1. The molecule has 0 spiro atoms. The number of nitrogens with zero attached hydrogens (tertiary/aromatic N) is 1. The molecule has 4 nitrogen and oxygen atoms in total. The Kier molecular flexibility index (Phi) is 4.84. The summed E-state index contributed by atoms with van der Waals surface area (Å²) in [6.07, 6.45) is 2.56. The Bertz CT molecular complexity index is 573. The first-order chi connectivity index (χ1) is 9.63. The van der Waals surface area contributed by atoms with Crippen molar-refractivity contribution in [3.63, 3.8) is 0 Å². The van der Waals surface area contributed by atoms with E-state index in [0.29, 0.717) is 5.88 Å². The van der Waals surface area contributed by atoms with Crippen LogP contribution in [0.2, 0.25) is 0 Å². The molecule has 0 fully saturated rings. The molecule has 0 amide bonds. The molecule has 0 aliphatic rings. The summed E-state index contributed by atoms with van der Waals surface area (Å²) < 4.78 is 5.98. The standard InChI is InChI=1S/C15H17BrN2O2/c1-3-13(12-8-10(16)4-6-14(12)19)18-11-5-7-15(20-2)17-9-11/h4-9,13,18-19H,3H2,1-2H3. The van der Waals surface area contributed by atoms with Crippen LogP contribution < -0.4 is 10.1 Å². The van der Waals surface area contributed by atoms with Gasteiger partial charge in [0, 0.05) is 16.1 Å². The zero-order chi connectivity index (χ0) is 14.5. The summed E-state index contributed by atoms with van der Waals surface area (Å²) in [7, 11) is 1.59. The van der Waals surface area contributed by atoms with Gasteiger partial charge in [-0.3, -0.25) is 0 Å². The molecule has 106 valence electrons. The van der Waals surface area contributed by atoms with Gasteiger partial charge in [-0.05, 0) is 30.7 Å². The lowest BCUT2D eigenvalue weighted by Crippen LogP contribution is -2.10. The number of benzene rings is 1. The van der Waals surface area contributed by atoms with Crippen molar-refractivity contribution in [3.05, 3.63) is 46.6 Å². The third kappa shape index (κ3) is 3.42. The Morgan fingerprint density at radius 3 is 2.75 bits per heavy atom. The van der Waals surface area contributed by atoms with Gasteiger partial charge in [-0.1, -0.05) is 22.9 Å². The summed E-state index contributed by atoms with van der Waals surface area (Å²) in [5.41, 5.74) is 1.75. The third-order valence-corrected chi connectivity index (χ3v) is 3.55. The Morgan fingerprint density at radius 2 is 2.15 bits per heavy atom. The maximum absolute atomic E-state index is 10.0. The van der Waals surface area contributed by atoms with E-state index in [-0.39, 0.29) is 11.8 Å². The number of phenols is 1. The minimum absolute atomic E-state index is 0.0164. The summed E-state index contributed by atoms with van der Waals surface area (Å²) in [6.45, 7) is 2.06. The lowest BCUT2D eigenvalue weighted by Gasteiger charge is -2.20. The van der Waals surface area contributed by atoms with Crippen molar-refractivity contribution in [1.29, 1.82) is 0 Å². The number of rotatable bonds is 5. The molecule has 0 aliphatic carbocycles. The number of hydrogen-bond acceptors (Lipinski definition) is 4. The normalized spacial score (nSPS) is 11.9. The van der Waals surface area contributed by atoms with Crippen LogP contribution in [0.25, 0.3) is 0 Å². The van der Waals surface area contributed by atoms with Gasteiger partial charge in [-0.2, -0.15) is 0 Å². The number of hydrogen-bond donors (Lipinski definition) is 2. The Balaban J connectivity index is 2.21. The lowest BCUT2D eigenvalue weighted by molar-refractivity contribution is 0.398. The van der Waals surface area contributed by atoms with E-state index in [1.54, 1.807) is 25.4 Å². The average molecular weight is 337 g/mol. The van der Waals surface area contributed by atoms with Gasteiger partial charge < -0.3 is 15.2 Å². The predicted octanol–water partition coefficient (Wildman–Crippen LogP) is 4.12. The van der Waals surface area contributed by atoms with Crippen molar-refractivity contribution in [2.45, 2.75) is 19.4 Å². The third-order valence-electron chi connectivity index (χ3n) is 3.06. The van der Waals surface area contributed by atoms with Gasteiger partial charge in [0.05, 0.1) is 25.0 Å². The van der Waals surface area contributed by atoms with Crippen molar-refractivity contribution in [3.8, 4) is 11.6 Å². The maximum Gasteiger partial charge on any atom is 0.213 e. The van der Waals surface area contributed by atoms with Gasteiger partial charge in [0.2, 0.25) is 5.88 Å². The Morgan fingerprint density at radius 1 is 1.35 bits per heavy atom. The van der Waals surface area contributed by atoms with Crippen LogP contribution in [0.15, 0.2) is 41.0 Å². The molecule has 2 rings (SSSR count). The molecule has 1 unspecified atom stereocenters. The molecule has 5 heteroatoms. The second-order valence-electron chi connectivity index (χ2n) is 4.40. The predicted molar refractivity (Wildman–Crippen MR) is 83.3 cm³/mol. The smallest absolute Gasteiger partial charge is 0.213 e. The first kappa shape index (κ1) is 14.7. The van der Waals surface area contributed by atoms with Crippen LogP contribution in [-0.2, 0) is 0 Å². The van der Waals surface area contributed by atoms with E-state index in [0.717, 1.165) is 22.1 Å². The van der Waals surface area contributed by atoms with Crippen LogP contribution in [0.1, 0.15) is 24.9 Å². The fraction of sp³-hybridized carbons (Fsp3) is 0.267. The first-order valence-corrected chi connectivity index (χ1v) is 7.18. The Labute approximate surface area is 126 Å². The molecule has 0 radical (unpaired) electrons. The zero-order valence-electron chi connectivity index (χ0n) is 11.4. The summed E-state index contributed by atoms with van der Waals surface area (Å²) >= 11 is 3.43. The molecule has 0 bridgehead atoms. The molecule has 0 aliphatic heterocycles. The van der Waals surface area contributed by atoms with Gasteiger partial charge in [-0.15, -0.1) is 0 Å². The maximum atomic E-state index is 10.0. The fourth-order valence-corrected chi connectivity index (χ4v) is 2.37. The van der Waals surface area contributed by atoms with Crippen molar-refractivity contribution in [1.82, 2.24) is 4.98 Å². The molecule has 0 saturated heterocycles. The number of halogens is 1. The number of pyridine rings is 1. The zero-order valence-corrected chi connectivity index (χ0v) is 13.0. The second kappa shape index (κ2) is 6.61. The fourth-order valence-electron chi connectivity index (χ4n) is 1.99. The summed E-state index contributed by atoms with van der Waals surface area (Å²) in [5, 5.41) is 13.4. The van der Waals surface area contributed by atoms with Crippen LogP contribution in [0.5, 0.6) is 11.6 Å². The van der Waals surface area contributed by atoms with Crippen LogP contribution in [-0.4, -0.2) is 17.2 Å². The number of methoxy groups -OCH3 is 1. The van der Waals surface area contributed by atoms with Crippen LogP contribution >= 0.6 is 15.9 Å². The first-order valence-electron chi connectivity index (χ1n) is 6.39. The Hall–Kier alpha value is -1.75. The highest BCUT2D eigenvalue weighted by molar-refractivity contribution is 9.10. The quantitative estimate of drug-likeness (QED) is 0.862. The largest absolute Gasteiger partial charge is 0.508 e. The average Bonchev–Trinajstić information content (AvgIpc) is 2.48. The van der Waals surface area contributed by atoms with E-state index >= 15 is 0 Å². The second-order valence-corrected chi connectivity index (χ2v) is 5.31. The van der Waals surface area contributed by atoms with Gasteiger partial charge in [0.1, 0.15) is 5.75 Å². The summed E-state index contributed by atoms with van der Waals surface area (Å²) in [6, 6.07) is 9.16. The van der Waals surface area contributed by atoms with Gasteiger partial charge in [0.25, 0.3) is 0 Å². The molecule has 1 aromatic heterocycles. The van der Waals surface area contributed by atoms with Gasteiger partial charge >= 0.3 is 0 Å². The minimum Gasteiger partial charge on any atom is -0.508 e. The molecule has 1 atom stereocenters. The monoisotopic (exact) mass is 336 g/mol. The van der Waals surface area contributed by atoms with E-state index in [1.807, 2.05) is 18.2 Å². The van der Waals surface area contributed by atoms with E-state index in [1.165, 1.54) is 0 Å². The van der Waals surface area contributed by atoms with E-state index in [9.17, 15) is 5.11 Å². The number of phenolic OH excluding ortho intramolecular Hbond substituents is 1. The van der Waals surface area contributed by atoms with E-state index < -0.39 is 0 Å². The van der Waals surface area contributed by atoms with Crippen LogP contribution in [0.4, 0.5) is 5.69 Å². The molecular formula is C15H17BrN2O2. The summed E-state index contributed by atoms with van der Waals surface area (Å²) in [4.78, 5) is 4.16. The number of ether oxygens (including phenoxy) is 1. The SMILES string of the molecule is CCC(Nc1ccc(OC)nc1)c1cc(Br)ccc1O. The van der Waals surface area contributed by atoms with E-state index in [4.69, 9.17) is 4.74 Å². The number of anilines is 1. The summed E-state index contributed by atoms with van der Waals surface area (Å²) in [5.74, 6) is 0.864. The highest BCUT2D eigenvalue weighted by atomic mass is 79.9. The number of aromatic hydroxyl groups is 1. The lowest BCUT2D eigenvalue weighted by atomic mass is 10.0. The topological polar surface area (TPSA) is 54.4 Å². The highest BCUT2D eigenvalue weighted by Crippen LogP contribution is 2.31. The van der Waals surface area contributed by atoms with E-state index in [2.05, 4.69) is 33.2 Å². The molecule has 20 heavy (non-hydrogen) atoms. The number of nitrogens with one attached hydrogen (secondary N) is 1. The highest BCUT2D eigenvalue weighted by Gasteiger charge is 2.14. The van der Waals surface area contributed by atoms with Crippen molar-refractivity contribution in [2.75, 3.05) is 12.4 Å². The molecular weight excluding hydrogens is 320 g/mol. The van der Waals surface area contributed by atoms with Crippen molar-refractivity contribution >= 4 is 21.6 Å². The van der Waals surface area contributed by atoms with Crippen molar-refractivity contribution < 1.29 is 9.84 Å². The van der Waals surface area contributed by atoms with Crippen molar-refractivity contribution in [2.24, 2.45) is 0 Å². The van der Waals surface area contributed by atoms with Crippen LogP contribution in [0.3, 0.4) is 0 Å². The van der Waals surface area contributed by atoms with Crippen LogP contribution in [0, 0.1) is 0 Å². The minimum atomic E-state index is 0.0164. The molecule has 2 aromatic rings. The van der Waals surface area contributed by atoms with Gasteiger partial charge in [-0.25, -0.2) is 4.98 Å². The van der Waals surface area contributed by atoms with Gasteiger partial charge in [0.15, 0.2) is 0 Å². The molecule has 0 saturated carbocycles. The molecule has 2 N–H and O–H groups in total.